The van der Waals surface area contributed by atoms with Crippen molar-refractivity contribution in [3.05, 3.63) is 56.7 Å². The minimum atomic E-state index is -0.0749. The van der Waals surface area contributed by atoms with Crippen LogP contribution in [0.25, 0.3) is 10.2 Å². The smallest absolute Gasteiger partial charge is 0.263 e. The molecule has 0 aliphatic carbocycles. The summed E-state index contributed by atoms with van der Waals surface area (Å²) in [4.78, 5) is 32.5. The number of aromatic nitrogens is 2. The summed E-state index contributed by atoms with van der Waals surface area (Å²) in [7, 11) is 0. The molecule has 1 aliphatic rings. The predicted octanol–water partition coefficient (Wildman–Crippen LogP) is 4.38. The summed E-state index contributed by atoms with van der Waals surface area (Å²) in [6.45, 7) is 8.48. The maximum atomic E-state index is 13.1. The first-order valence-electron chi connectivity index (χ1n) is 9.95. The largest absolute Gasteiger partial charge is 0.284 e. The van der Waals surface area contributed by atoms with Gasteiger partial charge in [0.25, 0.3) is 11.5 Å². The molecule has 0 atom stereocenters. The zero-order chi connectivity index (χ0) is 21.4. The first-order chi connectivity index (χ1) is 14.4. The number of fused-ring (bicyclic) bond motifs is 1. The van der Waals surface area contributed by atoms with Crippen LogP contribution in [-0.2, 0) is 4.79 Å². The number of hydrazone groups is 1. The molecule has 1 aliphatic heterocycles. The molecule has 30 heavy (non-hydrogen) atoms. The Balaban J connectivity index is 1.56. The molecule has 156 valence electrons. The molecule has 0 radical (unpaired) electrons. The van der Waals surface area contributed by atoms with Gasteiger partial charge in [0, 0.05) is 17.3 Å². The van der Waals surface area contributed by atoms with Crippen LogP contribution in [-0.4, -0.2) is 38.5 Å². The van der Waals surface area contributed by atoms with Gasteiger partial charge in [0.15, 0.2) is 5.16 Å². The van der Waals surface area contributed by atoms with Gasteiger partial charge in [-0.15, -0.1) is 11.3 Å². The Morgan fingerprint density at radius 1 is 1.23 bits per heavy atom. The van der Waals surface area contributed by atoms with E-state index in [1.807, 2.05) is 58.0 Å². The van der Waals surface area contributed by atoms with Gasteiger partial charge < -0.3 is 0 Å². The average Bonchev–Trinajstić information content (AvgIpc) is 3.32. The molecular formula is C22H24N4O2S2. The van der Waals surface area contributed by atoms with Crippen molar-refractivity contribution in [1.82, 2.24) is 14.6 Å². The molecule has 1 amide bonds. The Morgan fingerprint density at radius 3 is 2.67 bits per heavy atom. The van der Waals surface area contributed by atoms with Crippen LogP contribution in [0.15, 0.2) is 45.4 Å². The minimum absolute atomic E-state index is 0.0302. The van der Waals surface area contributed by atoms with Crippen LogP contribution in [0.3, 0.4) is 0 Å². The molecule has 3 heterocycles. The van der Waals surface area contributed by atoms with Gasteiger partial charge in [-0.05, 0) is 38.8 Å². The lowest BCUT2D eigenvalue weighted by Crippen LogP contribution is -2.27. The number of carbonyl (C=O) groups is 1. The van der Waals surface area contributed by atoms with Crippen molar-refractivity contribution in [3.63, 3.8) is 0 Å². The number of nitrogens with zero attached hydrogens (tertiary/aromatic N) is 4. The van der Waals surface area contributed by atoms with Crippen molar-refractivity contribution in [3.8, 4) is 0 Å². The number of amides is 1. The lowest BCUT2D eigenvalue weighted by molar-refractivity contribution is -0.127. The normalized spacial score (nSPS) is 14.0. The molecule has 0 bridgehead atoms. The summed E-state index contributed by atoms with van der Waals surface area (Å²) < 4.78 is 1.70. The topological polar surface area (TPSA) is 67.6 Å². The van der Waals surface area contributed by atoms with Crippen LogP contribution < -0.4 is 5.56 Å². The summed E-state index contributed by atoms with van der Waals surface area (Å²) in [5.74, 6) is 0.119. The van der Waals surface area contributed by atoms with Gasteiger partial charge in [-0.1, -0.05) is 42.1 Å². The van der Waals surface area contributed by atoms with Gasteiger partial charge in [0.05, 0.1) is 23.4 Å². The fourth-order valence-electron chi connectivity index (χ4n) is 3.52. The zero-order valence-corrected chi connectivity index (χ0v) is 19.1. The van der Waals surface area contributed by atoms with Crippen LogP contribution in [0.4, 0.5) is 0 Å². The monoisotopic (exact) mass is 440 g/mol. The first kappa shape index (κ1) is 20.8. The fraction of sp³-hybridized carbons (Fsp3) is 0.364. The van der Waals surface area contributed by atoms with Crippen molar-refractivity contribution in [2.24, 2.45) is 5.10 Å². The summed E-state index contributed by atoms with van der Waals surface area (Å²) in [6.07, 6.45) is 0.745. The Kier molecular flexibility index (Phi) is 5.79. The maximum absolute atomic E-state index is 13.1. The summed E-state index contributed by atoms with van der Waals surface area (Å²) in [6, 6.07) is 9.88. The highest BCUT2D eigenvalue weighted by atomic mass is 32.2. The zero-order valence-electron chi connectivity index (χ0n) is 17.5. The van der Waals surface area contributed by atoms with E-state index < -0.39 is 0 Å². The lowest BCUT2D eigenvalue weighted by atomic mass is 10.1. The van der Waals surface area contributed by atoms with E-state index in [4.69, 9.17) is 4.98 Å². The van der Waals surface area contributed by atoms with E-state index >= 15 is 0 Å². The Hall–Kier alpha value is -2.45. The molecule has 0 saturated carbocycles. The van der Waals surface area contributed by atoms with Crippen molar-refractivity contribution in [2.75, 3.05) is 12.3 Å². The number of aryl methyl sites for hydroxylation is 2. The predicted molar refractivity (Wildman–Crippen MR) is 124 cm³/mol. The van der Waals surface area contributed by atoms with Crippen LogP contribution in [0.2, 0.25) is 0 Å². The molecule has 8 heteroatoms. The van der Waals surface area contributed by atoms with E-state index in [9.17, 15) is 9.59 Å². The molecule has 2 aromatic heterocycles. The number of hydrogen-bond acceptors (Lipinski definition) is 6. The summed E-state index contributed by atoms with van der Waals surface area (Å²) in [5, 5.41) is 7.32. The molecule has 0 N–H and O–H groups in total. The number of thioether (sulfide) groups is 1. The van der Waals surface area contributed by atoms with Crippen molar-refractivity contribution in [1.29, 1.82) is 0 Å². The van der Waals surface area contributed by atoms with Gasteiger partial charge in [0.1, 0.15) is 4.83 Å². The number of rotatable bonds is 5. The Labute approximate surface area is 183 Å². The first-order valence-corrected chi connectivity index (χ1v) is 11.7. The number of carbonyl (C=O) groups excluding carboxylic acids is 1. The molecule has 1 aromatic carbocycles. The van der Waals surface area contributed by atoms with E-state index in [0.717, 1.165) is 33.0 Å². The van der Waals surface area contributed by atoms with Gasteiger partial charge in [-0.3, -0.25) is 14.2 Å². The van der Waals surface area contributed by atoms with Gasteiger partial charge in [-0.2, -0.15) is 5.10 Å². The highest BCUT2D eigenvalue weighted by Gasteiger charge is 2.23. The number of hydrogen-bond donors (Lipinski definition) is 0. The molecular weight excluding hydrogens is 416 g/mol. The second-order valence-corrected chi connectivity index (χ2v) is 9.74. The third-order valence-electron chi connectivity index (χ3n) is 5.24. The number of benzene rings is 1. The van der Waals surface area contributed by atoms with Crippen molar-refractivity contribution >= 4 is 44.9 Å². The van der Waals surface area contributed by atoms with Crippen LogP contribution in [0.1, 0.15) is 42.3 Å². The summed E-state index contributed by atoms with van der Waals surface area (Å²) in [5.41, 5.74) is 2.94. The third kappa shape index (κ3) is 3.81. The van der Waals surface area contributed by atoms with Gasteiger partial charge in [0.2, 0.25) is 0 Å². The van der Waals surface area contributed by atoms with Crippen molar-refractivity contribution in [2.45, 2.75) is 45.3 Å². The third-order valence-corrected chi connectivity index (χ3v) is 7.28. The summed E-state index contributed by atoms with van der Waals surface area (Å²) >= 11 is 2.84. The molecule has 6 nitrogen and oxygen atoms in total. The Bertz CT molecular complexity index is 1200. The van der Waals surface area contributed by atoms with E-state index in [2.05, 4.69) is 5.10 Å². The van der Waals surface area contributed by atoms with Crippen molar-refractivity contribution < 1.29 is 4.79 Å². The van der Waals surface area contributed by atoms with Gasteiger partial charge in [-0.25, -0.2) is 9.99 Å². The molecule has 0 spiro atoms. The second-order valence-electron chi connectivity index (χ2n) is 7.59. The van der Waals surface area contributed by atoms with E-state index in [0.29, 0.717) is 17.1 Å². The molecule has 0 saturated heterocycles. The highest BCUT2D eigenvalue weighted by Crippen LogP contribution is 2.29. The highest BCUT2D eigenvalue weighted by molar-refractivity contribution is 7.99. The van der Waals surface area contributed by atoms with Crippen LogP contribution >= 0.6 is 23.1 Å². The lowest BCUT2D eigenvalue weighted by Gasteiger charge is -2.16. The molecule has 4 rings (SSSR count). The molecule has 0 unspecified atom stereocenters. The average molecular weight is 441 g/mol. The second kappa shape index (κ2) is 8.35. The standard InChI is InChI=1S/C22H24N4O2S2/c1-13(2)26-21(28)19-14(3)15(4)30-20(19)23-22(26)29-12-18(27)25-11-10-17(24-25)16-8-6-5-7-9-16/h5-9,13H,10-12H2,1-4H3. The van der Waals surface area contributed by atoms with E-state index in [1.54, 1.807) is 4.57 Å². The minimum Gasteiger partial charge on any atom is -0.284 e. The Morgan fingerprint density at radius 2 is 1.97 bits per heavy atom. The SMILES string of the molecule is Cc1sc2nc(SCC(=O)N3CCC(c4ccccc4)=N3)n(C(C)C)c(=O)c2c1C. The van der Waals surface area contributed by atoms with Crippen LogP contribution in [0, 0.1) is 13.8 Å². The molecule has 0 fully saturated rings. The van der Waals surface area contributed by atoms with Crippen LogP contribution in [0.5, 0.6) is 0 Å². The van der Waals surface area contributed by atoms with Gasteiger partial charge >= 0.3 is 0 Å². The van der Waals surface area contributed by atoms with E-state index in [1.165, 1.54) is 28.1 Å². The van der Waals surface area contributed by atoms with E-state index in [-0.39, 0.29) is 23.3 Å². The maximum Gasteiger partial charge on any atom is 0.263 e. The fourth-order valence-corrected chi connectivity index (χ4v) is 5.58. The quantitative estimate of drug-likeness (QED) is 0.436. The molecule has 3 aromatic rings. The number of thiophene rings is 1.